The predicted octanol–water partition coefficient (Wildman–Crippen LogP) is 1.21. The lowest BCUT2D eigenvalue weighted by molar-refractivity contribution is 1.09. The zero-order valence-corrected chi connectivity index (χ0v) is 5.42. The molecule has 42 valence electrons. The molecule has 0 saturated carbocycles. The van der Waals surface area contributed by atoms with Gasteiger partial charge in [0.25, 0.3) is 0 Å². The van der Waals surface area contributed by atoms with E-state index < -0.39 is 0 Å². The first kappa shape index (κ1) is 6.89. The normalized spacial score (nSPS) is 8.71. The maximum atomic E-state index is 5.27. The van der Waals surface area contributed by atoms with Crippen molar-refractivity contribution in [1.29, 1.82) is 0 Å². The Morgan fingerprint density at radius 3 is 2.57 bits per heavy atom. The highest BCUT2D eigenvalue weighted by Gasteiger charge is 1.81. The number of thioether (sulfide) groups is 1. The lowest BCUT2D eigenvalue weighted by Gasteiger charge is -1.92. The Bertz CT molecular complexity index is 61.1. The molecule has 0 amide bonds. The third kappa shape index (κ3) is 5.89. The van der Waals surface area contributed by atoms with Crippen LogP contribution in [0.5, 0.6) is 0 Å². The van der Waals surface area contributed by atoms with E-state index in [-0.39, 0.29) is 0 Å². The second-order valence-electron chi connectivity index (χ2n) is 1.40. The summed E-state index contributed by atoms with van der Waals surface area (Å²) in [6.45, 7) is 3.56. The number of hydrogen-bond acceptors (Lipinski definition) is 2. The fourth-order valence-corrected chi connectivity index (χ4v) is 0.699. The molecule has 0 unspecified atom stereocenters. The quantitative estimate of drug-likeness (QED) is 0.601. The van der Waals surface area contributed by atoms with Gasteiger partial charge in [0.2, 0.25) is 0 Å². The summed E-state index contributed by atoms with van der Waals surface area (Å²) in [5, 5.41) is 0. The van der Waals surface area contributed by atoms with Crippen molar-refractivity contribution in [1.82, 2.24) is 0 Å². The minimum atomic E-state index is 0.786. The van der Waals surface area contributed by atoms with Gasteiger partial charge in [-0.1, -0.05) is 6.58 Å². The van der Waals surface area contributed by atoms with Gasteiger partial charge >= 0.3 is 0 Å². The third-order valence-corrected chi connectivity index (χ3v) is 1.24. The van der Waals surface area contributed by atoms with Crippen LogP contribution in [0.3, 0.4) is 0 Å². The van der Waals surface area contributed by atoms with Gasteiger partial charge in [-0.3, -0.25) is 0 Å². The molecule has 0 aromatic rings. The highest BCUT2D eigenvalue weighted by Crippen LogP contribution is 1.97. The summed E-state index contributed by atoms with van der Waals surface area (Å²) in [5.41, 5.74) is 6.06. The van der Waals surface area contributed by atoms with E-state index in [4.69, 9.17) is 5.73 Å². The van der Waals surface area contributed by atoms with Crippen LogP contribution in [0, 0.1) is 0 Å². The van der Waals surface area contributed by atoms with Gasteiger partial charge in [0.1, 0.15) is 0 Å². The van der Waals surface area contributed by atoms with E-state index in [9.17, 15) is 0 Å². The zero-order chi connectivity index (χ0) is 5.70. The van der Waals surface area contributed by atoms with Crippen molar-refractivity contribution in [2.45, 2.75) is 6.42 Å². The van der Waals surface area contributed by atoms with Crippen LogP contribution < -0.4 is 5.73 Å². The van der Waals surface area contributed by atoms with Crippen LogP contribution in [0.4, 0.5) is 0 Å². The number of nitrogens with two attached hydrogens (primary N) is 1. The molecule has 0 aliphatic rings. The summed E-state index contributed by atoms with van der Waals surface area (Å²) in [7, 11) is 0. The largest absolute Gasteiger partial charge is 0.402 e. The highest BCUT2D eigenvalue weighted by atomic mass is 32.2. The highest BCUT2D eigenvalue weighted by molar-refractivity contribution is 7.98. The molecule has 0 atom stereocenters. The Balaban J connectivity index is 2.82. The molecular formula is C5H11NS. The fraction of sp³-hybridized carbons (Fsp3) is 0.600. The molecule has 0 bridgehead atoms. The van der Waals surface area contributed by atoms with Crippen LogP contribution >= 0.6 is 11.8 Å². The molecule has 0 aliphatic heterocycles. The minimum absolute atomic E-state index is 0.786. The van der Waals surface area contributed by atoms with Crippen LogP contribution in [0.15, 0.2) is 12.3 Å². The molecule has 0 rings (SSSR count). The van der Waals surface area contributed by atoms with Crippen molar-refractivity contribution in [2.24, 2.45) is 5.73 Å². The van der Waals surface area contributed by atoms with Gasteiger partial charge in [-0.25, -0.2) is 0 Å². The summed E-state index contributed by atoms with van der Waals surface area (Å²) >= 11 is 1.79. The van der Waals surface area contributed by atoms with Crippen LogP contribution in [0.2, 0.25) is 0 Å². The molecule has 0 saturated heterocycles. The van der Waals surface area contributed by atoms with E-state index in [1.807, 2.05) is 0 Å². The van der Waals surface area contributed by atoms with Crippen molar-refractivity contribution in [3.05, 3.63) is 12.3 Å². The van der Waals surface area contributed by atoms with Gasteiger partial charge in [0.15, 0.2) is 0 Å². The molecule has 0 aliphatic carbocycles. The van der Waals surface area contributed by atoms with Gasteiger partial charge < -0.3 is 5.73 Å². The Hall–Kier alpha value is -0.110. The molecule has 7 heavy (non-hydrogen) atoms. The van der Waals surface area contributed by atoms with E-state index in [1.165, 1.54) is 0 Å². The second-order valence-corrected chi connectivity index (χ2v) is 2.39. The van der Waals surface area contributed by atoms with Crippen molar-refractivity contribution in [2.75, 3.05) is 12.0 Å². The Kier molecular flexibility index (Phi) is 4.00. The van der Waals surface area contributed by atoms with Crippen molar-refractivity contribution in [3.63, 3.8) is 0 Å². The van der Waals surface area contributed by atoms with Crippen LogP contribution in [0.1, 0.15) is 6.42 Å². The summed E-state index contributed by atoms with van der Waals surface area (Å²) in [5.74, 6) is 1.09. The van der Waals surface area contributed by atoms with E-state index >= 15 is 0 Å². The van der Waals surface area contributed by atoms with Gasteiger partial charge in [-0.05, 0) is 18.4 Å². The number of allylic oxidation sites excluding steroid dienone is 1. The Labute approximate surface area is 49.0 Å². The molecule has 2 N–H and O–H groups in total. The van der Waals surface area contributed by atoms with Crippen molar-refractivity contribution >= 4 is 11.8 Å². The average Bonchev–Trinajstić information content (AvgIpc) is 1.61. The molecule has 2 heteroatoms. The van der Waals surface area contributed by atoms with Crippen LogP contribution in [-0.2, 0) is 0 Å². The molecule has 0 radical (unpaired) electrons. The molecule has 0 spiro atoms. The molecule has 0 heterocycles. The molecular weight excluding hydrogens is 106 g/mol. The topological polar surface area (TPSA) is 26.0 Å². The lowest BCUT2D eigenvalue weighted by Crippen LogP contribution is -1.94. The van der Waals surface area contributed by atoms with E-state index in [0.717, 1.165) is 17.9 Å². The smallest absolute Gasteiger partial charge is 0.00157 e. The standard InChI is InChI=1S/C5H11NS/c1-5(6)3-4-7-2/h1,3-4,6H2,2H3. The minimum Gasteiger partial charge on any atom is -0.402 e. The summed E-state index contributed by atoms with van der Waals surface area (Å²) in [6.07, 6.45) is 3.00. The van der Waals surface area contributed by atoms with E-state index in [1.54, 1.807) is 11.8 Å². The fourth-order valence-electron chi connectivity index (χ4n) is 0.233. The first-order chi connectivity index (χ1) is 3.27. The Morgan fingerprint density at radius 2 is 2.43 bits per heavy atom. The van der Waals surface area contributed by atoms with E-state index in [2.05, 4.69) is 12.8 Å². The van der Waals surface area contributed by atoms with E-state index in [0.29, 0.717) is 0 Å². The number of rotatable bonds is 3. The summed E-state index contributed by atoms with van der Waals surface area (Å²) < 4.78 is 0. The van der Waals surface area contributed by atoms with Crippen LogP contribution in [0.25, 0.3) is 0 Å². The SMILES string of the molecule is C=C(N)CCSC. The van der Waals surface area contributed by atoms with Gasteiger partial charge in [-0.15, -0.1) is 0 Å². The zero-order valence-electron chi connectivity index (χ0n) is 4.61. The lowest BCUT2D eigenvalue weighted by atomic mass is 10.4. The number of hydrogen-bond donors (Lipinski definition) is 1. The molecule has 0 fully saturated rings. The summed E-state index contributed by atoms with van der Waals surface area (Å²) in [6, 6.07) is 0. The first-order valence-corrected chi connectivity index (χ1v) is 3.59. The first-order valence-electron chi connectivity index (χ1n) is 2.19. The molecule has 0 aromatic heterocycles. The maximum absolute atomic E-state index is 5.27. The van der Waals surface area contributed by atoms with Gasteiger partial charge in [0, 0.05) is 5.70 Å². The van der Waals surface area contributed by atoms with Crippen LogP contribution in [-0.4, -0.2) is 12.0 Å². The average molecular weight is 117 g/mol. The Morgan fingerprint density at radius 1 is 1.86 bits per heavy atom. The summed E-state index contributed by atoms with van der Waals surface area (Å²) in [4.78, 5) is 0. The monoisotopic (exact) mass is 117 g/mol. The molecule has 1 nitrogen and oxygen atoms in total. The van der Waals surface area contributed by atoms with Crippen molar-refractivity contribution < 1.29 is 0 Å². The van der Waals surface area contributed by atoms with Gasteiger partial charge in [-0.2, -0.15) is 11.8 Å². The second kappa shape index (κ2) is 4.06. The predicted molar refractivity (Wildman–Crippen MR) is 36.3 cm³/mol. The molecule has 0 aromatic carbocycles. The maximum Gasteiger partial charge on any atom is 0.00157 e. The van der Waals surface area contributed by atoms with Crippen molar-refractivity contribution in [3.8, 4) is 0 Å². The van der Waals surface area contributed by atoms with Gasteiger partial charge in [0.05, 0.1) is 0 Å². The third-order valence-electron chi connectivity index (χ3n) is 0.627.